The van der Waals surface area contributed by atoms with E-state index in [0.29, 0.717) is 11.8 Å². The molecule has 0 saturated carbocycles. The van der Waals surface area contributed by atoms with Gasteiger partial charge < -0.3 is 4.42 Å². The molecule has 3 heteroatoms. The standard InChI is InChI=1S/C6H8ClNO/c1-2-5-4-8-6(3-7)9-5/h4H,2-3H2,1H3. The fraction of sp³-hybridized carbons (Fsp3) is 0.500. The Morgan fingerprint density at radius 1 is 1.78 bits per heavy atom. The first-order chi connectivity index (χ1) is 4.36. The van der Waals surface area contributed by atoms with E-state index in [0.717, 1.165) is 12.2 Å². The molecule has 2 nitrogen and oxygen atoms in total. The normalized spacial score (nSPS) is 10.0. The van der Waals surface area contributed by atoms with Gasteiger partial charge in [0.15, 0.2) is 0 Å². The first kappa shape index (κ1) is 6.62. The number of hydrogen-bond acceptors (Lipinski definition) is 2. The Morgan fingerprint density at radius 3 is 2.89 bits per heavy atom. The number of oxazole rings is 1. The molecule has 1 rings (SSSR count). The van der Waals surface area contributed by atoms with E-state index in [4.69, 9.17) is 16.0 Å². The van der Waals surface area contributed by atoms with Crippen molar-refractivity contribution in [2.45, 2.75) is 19.2 Å². The molecule has 0 N–H and O–H groups in total. The highest BCUT2D eigenvalue weighted by molar-refractivity contribution is 6.16. The first-order valence-electron chi connectivity index (χ1n) is 2.86. The lowest BCUT2D eigenvalue weighted by Gasteiger charge is -1.83. The number of halogens is 1. The number of nitrogens with zero attached hydrogens (tertiary/aromatic N) is 1. The van der Waals surface area contributed by atoms with Crippen LogP contribution in [0.4, 0.5) is 0 Å². The Hall–Kier alpha value is -0.500. The molecule has 50 valence electrons. The molecule has 0 amide bonds. The summed E-state index contributed by atoms with van der Waals surface area (Å²) in [6.45, 7) is 2.01. The van der Waals surface area contributed by atoms with Crippen molar-refractivity contribution in [3.05, 3.63) is 17.8 Å². The molecular weight excluding hydrogens is 138 g/mol. The molecule has 0 unspecified atom stereocenters. The zero-order chi connectivity index (χ0) is 6.69. The molecule has 0 saturated heterocycles. The Balaban J connectivity index is 2.74. The molecule has 1 aromatic rings. The molecule has 9 heavy (non-hydrogen) atoms. The van der Waals surface area contributed by atoms with Crippen LogP contribution in [0.3, 0.4) is 0 Å². The first-order valence-corrected chi connectivity index (χ1v) is 3.39. The molecular formula is C6H8ClNO. The SMILES string of the molecule is CCc1cnc(CCl)o1. The zero-order valence-corrected chi connectivity index (χ0v) is 5.98. The van der Waals surface area contributed by atoms with Crippen molar-refractivity contribution in [2.75, 3.05) is 0 Å². The molecule has 0 aliphatic heterocycles. The Kier molecular flexibility index (Phi) is 2.11. The van der Waals surface area contributed by atoms with Crippen LogP contribution in [-0.4, -0.2) is 4.98 Å². The lowest BCUT2D eigenvalue weighted by molar-refractivity contribution is 0.475. The molecule has 0 atom stereocenters. The van der Waals surface area contributed by atoms with Gasteiger partial charge in [0.25, 0.3) is 0 Å². The molecule has 0 radical (unpaired) electrons. The van der Waals surface area contributed by atoms with E-state index >= 15 is 0 Å². The second-order valence-corrected chi connectivity index (χ2v) is 1.97. The highest BCUT2D eigenvalue weighted by Crippen LogP contribution is 2.05. The maximum atomic E-state index is 5.44. The minimum absolute atomic E-state index is 0.361. The third-order valence-corrected chi connectivity index (χ3v) is 1.29. The van der Waals surface area contributed by atoms with E-state index in [9.17, 15) is 0 Å². The van der Waals surface area contributed by atoms with Gasteiger partial charge in [0, 0.05) is 6.42 Å². The van der Waals surface area contributed by atoms with Gasteiger partial charge in [-0.2, -0.15) is 0 Å². The predicted octanol–water partition coefficient (Wildman–Crippen LogP) is 1.98. The van der Waals surface area contributed by atoms with E-state index in [1.54, 1.807) is 6.20 Å². The molecule has 0 aromatic carbocycles. The van der Waals surface area contributed by atoms with Gasteiger partial charge in [-0.05, 0) is 0 Å². The van der Waals surface area contributed by atoms with Gasteiger partial charge in [0.1, 0.15) is 5.76 Å². The minimum Gasteiger partial charge on any atom is -0.444 e. The smallest absolute Gasteiger partial charge is 0.209 e. The van der Waals surface area contributed by atoms with Crippen molar-refractivity contribution >= 4 is 11.6 Å². The molecule has 0 aliphatic carbocycles. The van der Waals surface area contributed by atoms with Crippen LogP contribution in [0.25, 0.3) is 0 Å². The van der Waals surface area contributed by atoms with Crippen molar-refractivity contribution in [1.29, 1.82) is 0 Å². The summed E-state index contributed by atoms with van der Waals surface area (Å²) in [4.78, 5) is 3.91. The summed E-state index contributed by atoms with van der Waals surface area (Å²) < 4.78 is 5.14. The maximum absolute atomic E-state index is 5.44. The van der Waals surface area contributed by atoms with Crippen LogP contribution in [0.15, 0.2) is 10.6 Å². The largest absolute Gasteiger partial charge is 0.444 e. The summed E-state index contributed by atoms with van der Waals surface area (Å²) in [5.41, 5.74) is 0. The second kappa shape index (κ2) is 2.87. The van der Waals surface area contributed by atoms with Crippen molar-refractivity contribution in [3.8, 4) is 0 Å². The molecule has 0 aliphatic rings. The highest BCUT2D eigenvalue weighted by Gasteiger charge is 1.97. The van der Waals surface area contributed by atoms with E-state index < -0.39 is 0 Å². The average Bonchev–Trinajstić information content (AvgIpc) is 2.34. The third-order valence-electron chi connectivity index (χ3n) is 1.06. The van der Waals surface area contributed by atoms with Crippen LogP contribution in [0, 0.1) is 0 Å². The second-order valence-electron chi connectivity index (χ2n) is 1.71. The fourth-order valence-corrected chi connectivity index (χ4v) is 0.697. The third kappa shape index (κ3) is 1.45. The van der Waals surface area contributed by atoms with Crippen LogP contribution < -0.4 is 0 Å². The van der Waals surface area contributed by atoms with Gasteiger partial charge in [-0.25, -0.2) is 4.98 Å². The van der Waals surface area contributed by atoms with Gasteiger partial charge in [0.2, 0.25) is 5.89 Å². The van der Waals surface area contributed by atoms with Crippen LogP contribution in [0.1, 0.15) is 18.6 Å². The summed E-state index contributed by atoms with van der Waals surface area (Å²) in [6, 6.07) is 0. The van der Waals surface area contributed by atoms with E-state index in [1.165, 1.54) is 0 Å². The van der Waals surface area contributed by atoms with E-state index in [-0.39, 0.29) is 0 Å². The number of aromatic nitrogens is 1. The molecule has 1 aromatic heterocycles. The molecule has 1 heterocycles. The fourth-order valence-electron chi connectivity index (χ4n) is 0.573. The molecule has 0 spiro atoms. The predicted molar refractivity (Wildman–Crippen MR) is 35.4 cm³/mol. The summed E-state index contributed by atoms with van der Waals surface area (Å²) in [7, 11) is 0. The Morgan fingerprint density at radius 2 is 2.56 bits per heavy atom. The van der Waals surface area contributed by atoms with E-state index in [2.05, 4.69) is 4.98 Å². The zero-order valence-electron chi connectivity index (χ0n) is 5.22. The van der Waals surface area contributed by atoms with Gasteiger partial charge >= 0.3 is 0 Å². The van der Waals surface area contributed by atoms with Crippen molar-refractivity contribution in [2.24, 2.45) is 0 Å². The monoisotopic (exact) mass is 145 g/mol. The van der Waals surface area contributed by atoms with Gasteiger partial charge in [-0.15, -0.1) is 11.6 Å². The van der Waals surface area contributed by atoms with Crippen molar-refractivity contribution in [1.82, 2.24) is 4.98 Å². The minimum atomic E-state index is 0.361. The summed E-state index contributed by atoms with van der Waals surface area (Å²) in [5, 5.41) is 0. The van der Waals surface area contributed by atoms with Gasteiger partial charge in [0.05, 0.1) is 12.1 Å². The maximum Gasteiger partial charge on any atom is 0.209 e. The van der Waals surface area contributed by atoms with Crippen molar-refractivity contribution in [3.63, 3.8) is 0 Å². The Bertz CT molecular complexity index is 166. The summed E-state index contributed by atoms with van der Waals surface area (Å²) in [5.74, 6) is 1.86. The van der Waals surface area contributed by atoms with Crippen molar-refractivity contribution < 1.29 is 4.42 Å². The molecule has 0 bridgehead atoms. The lowest BCUT2D eigenvalue weighted by atomic mass is 10.4. The summed E-state index contributed by atoms with van der Waals surface area (Å²) >= 11 is 5.44. The quantitative estimate of drug-likeness (QED) is 0.595. The van der Waals surface area contributed by atoms with Crippen LogP contribution in [0.2, 0.25) is 0 Å². The van der Waals surface area contributed by atoms with Crippen LogP contribution in [-0.2, 0) is 12.3 Å². The Labute approximate surface area is 58.8 Å². The number of aryl methyl sites for hydroxylation is 1. The number of rotatable bonds is 2. The highest BCUT2D eigenvalue weighted by atomic mass is 35.5. The van der Waals surface area contributed by atoms with Gasteiger partial charge in [-0.1, -0.05) is 6.92 Å². The van der Waals surface area contributed by atoms with Gasteiger partial charge in [-0.3, -0.25) is 0 Å². The summed E-state index contributed by atoms with van der Waals surface area (Å²) in [6.07, 6.45) is 2.58. The number of hydrogen-bond donors (Lipinski definition) is 0. The number of alkyl halides is 1. The van der Waals surface area contributed by atoms with Crippen LogP contribution >= 0.6 is 11.6 Å². The van der Waals surface area contributed by atoms with E-state index in [1.807, 2.05) is 6.92 Å². The lowest BCUT2D eigenvalue weighted by Crippen LogP contribution is -1.71. The molecule has 0 fully saturated rings. The topological polar surface area (TPSA) is 26.0 Å². The van der Waals surface area contributed by atoms with Crippen LogP contribution in [0.5, 0.6) is 0 Å². The average molecular weight is 146 g/mol.